The summed E-state index contributed by atoms with van der Waals surface area (Å²) in [5, 5.41) is 3.07. The van der Waals surface area contributed by atoms with E-state index in [4.69, 9.17) is 4.74 Å². The van der Waals surface area contributed by atoms with E-state index in [0.717, 1.165) is 26.9 Å². The van der Waals surface area contributed by atoms with Crippen molar-refractivity contribution in [3.05, 3.63) is 68.6 Å². The van der Waals surface area contributed by atoms with Crippen LogP contribution < -0.4 is 5.32 Å². The molecule has 38 heavy (non-hydrogen) atoms. The SMILES string of the molecule is COC(=O)N1CCC[C@H]1C(=O)C[C@H](NC(=O)c1ccc(C(C)(C)C)s1)c1ccc(-c2ncc(Br)cn2)cc1. The van der Waals surface area contributed by atoms with Crippen molar-refractivity contribution in [1.82, 2.24) is 20.2 Å². The molecule has 2 atom stereocenters. The molecule has 8 nitrogen and oxygen atoms in total. The first-order valence-corrected chi connectivity index (χ1v) is 14.0. The summed E-state index contributed by atoms with van der Waals surface area (Å²) in [6, 6.07) is 10.2. The molecule has 0 radical (unpaired) electrons. The minimum Gasteiger partial charge on any atom is -0.453 e. The van der Waals surface area contributed by atoms with Crippen LogP contribution in [0.4, 0.5) is 4.79 Å². The average molecular weight is 600 g/mol. The van der Waals surface area contributed by atoms with Crippen LogP contribution in [0.1, 0.15) is 66.2 Å². The second kappa shape index (κ2) is 11.7. The molecule has 1 fully saturated rings. The monoisotopic (exact) mass is 598 g/mol. The Balaban J connectivity index is 1.58. The van der Waals surface area contributed by atoms with Gasteiger partial charge in [0.2, 0.25) is 0 Å². The van der Waals surface area contributed by atoms with Crippen LogP contribution in [-0.4, -0.2) is 52.3 Å². The molecule has 0 bridgehead atoms. The van der Waals surface area contributed by atoms with Crippen molar-refractivity contribution in [2.75, 3.05) is 13.7 Å². The number of Topliss-reactive ketones (excluding diaryl/α,β-unsaturated/α-hetero) is 1. The number of rotatable bonds is 7. The van der Waals surface area contributed by atoms with Gasteiger partial charge >= 0.3 is 6.09 Å². The van der Waals surface area contributed by atoms with E-state index >= 15 is 0 Å². The maximum atomic E-state index is 13.4. The van der Waals surface area contributed by atoms with Crippen molar-refractivity contribution in [1.29, 1.82) is 0 Å². The second-order valence-electron chi connectivity index (χ2n) is 10.3. The van der Waals surface area contributed by atoms with Crippen LogP contribution in [0.3, 0.4) is 0 Å². The Morgan fingerprint density at radius 2 is 1.82 bits per heavy atom. The third kappa shape index (κ3) is 6.47. The topological polar surface area (TPSA) is 101 Å². The number of ketones is 1. The Morgan fingerprint density at radius 1 is 1.13 bits per heavy atom. The molecule has 2 amide bonds. The maximum Gasteiger partial charge on any atom is 0.410 e. The number of thiophene rings is 1. The fraction of sp³-hybridized carbons (Fsp3) is 0.393. The number of ether oxygens (including phenoxy) is 1. The van der Waals surface area contributed by atoms with Crippen LogP contribution in [0, 0.1) is 0 Å². The van der Waals surface area contributed by atoms with Gasteiger partial charge in [-0.05, 0) is 51.9 Å². The molecule has 0 saturated carbocycles. The lowest BCUT2D eigenvalue weighted by Crippen LogP contribution is -2.42. The van der Waals surface area contributed by atoms with Crippen LogP contribution in [-0.2, 0) is 14.9 Å². The van der Waals surface area contributed by atoms with E-state index in [2.05, 4.69) is 52.0 Å². The van der Waals surface area contributed by atoms with Crippen molar-refractivity contribution in [3.63, 3.8) is 0 Å². The summed E-state index contributed by atoms with van der Waals surface area (Å²) in [6.07, 6.45) is 4.21. The predicted molar refractivity (Wildman–Crippen MR) is 150 cm³/mol. The lowest BCUT2D eigenvalue weighted by Gasteiger charge is -2.25. The van der Waals surface area contributed by atoms with Gasteiger partial charge in [0.15, 0.2) is 11.6 Å². The van der Waals surface area contributed by atoms with Gasteiger partial charge in [-0.2, -0.15) is 0 Å². The molecule has 0 aliphatic carbocycles. The third-order valence-electron chi connectivity index (χ3n) is 6.50. The first-order chi connectivity index (χ1) is 18.1. The highest BCUT2D eigenvalue weighted by atomic mass is 79.9. The molecule has 0 unspecified atom stereocenters. The smallest absolute Gasteiger partial charge is 0.410 e. The first-order valence-electron chi connectivity index (χ1n) is 12.4. The Kier molecular flexibility index (Phi) is 8.62. The molecule has 1 aromatic carbocycles. The third-order valence-corrected chi connectivity index (χ3v) is 8.42. The number of nitrogens with one attached hydrogen (secondary N) is 1. The zero-order chi connectivity index (χ0) is 27.4. The summed E-state index contributed by atoms with van der Waals surface area (Å²) in [6.45, 7) is 6.79. The second-order valence-corrected chi connectivity index (χ2v) is 12.3. The standard InChI is InChI=1S/C28H31BrN4O4S/c1-28(2,3)24-12-11-23(38-24)26(35)32-20(14-22(34)21-6-5-13-33(21)27(36)37-4)17-7-9-18(10-8-17)25-30-15-19(29)16-31-25/h7-12,15-16,20-21H,5-6,13-14H2,1-4H3,(H,32,35)/t20-,21-/m0/s1. The number of methoxy groups -OCH3 is 1. The van der Waals surface area contributed by atoms with Gasteiger partial charge in [0.1, 0.15) is 0 Å². The van der Waals surface area contributed by atoms with Crippen molar-refractivity contribution in [2.24, 2.45) is 0 Å². The number of hydrogen-bond acceptors (Lipinski definition) is 7. The fourth-order valence-corrected chi connectivity index (χ4v) is 5.62. The van der Waals surface area contributed by atoms with Crippen LogP contribution in [0.25, 0.3) is 11.4 Å². The molecule has 1 saturated heterocycles. The van der Waals surface area contributed by atoms with E-state index in [1.54, 1.807) is 12.4 Å². The van der Waals surface area contributed by atoms with E-state index in [-0.39, 0.29) is 23.5 Å². The zero-order valence-corrected chi connectivity index (χ0v) is 24.3. The molecule has 0 spiro atoms. The number of likely N-dealkylation sites (tertiary alicyclic amines) is 1. The van der Waals surface area contributed by atoms with Crippen LogP contribution in [0.2, 0.25) is 0 Å². The normalized spacial score (nSPS) is 16.2. The molecule has 3 heterocycles. The summed E-state index contributed by atoms with van der Waals surface area (Å²) < 4.78 is 5.66. The summed E-state index contributed by atoms with van der Waals surface area (Å²) in [5.74, 6) is 0.226. The Hall–Kier alpha value is -3.11. The molecule has 10 heteroatoms. The maximum absolute atomic E-state index is 13.4. The number of hydrogen-bond donors (Lipinski definition) is 1. The number of nitrogens with zero attached hydrogens (tertiary/aromatic N) is 3. The van der Waals surface area contributed by atoms with Gasteiger partial charge in [-0.3, -0.25) is 14.5 Å². The summed E-state index contributed by atoms with van der Waals surface area (Å²) in [7, 11) is 1.31. The highest BCUT2D eigenvalue weighted by Gasteiger charge is 2.36. The van der Waals surface area contributed by atoms with Gasteiger partial charge < -0.3 is 10.1 Å². The Labute approximate surface area is 235 Å². The fourth-order valence-electron chi connectivity index (χ4n) is 4.44. The van der Waals surface area contributed by atoms with Crippen LogP contribution in [0.15, 0.2) is 53.3 Å². The summed E-state index contributed by atoms with van der Waals surface area (Å²) >= 11 is 4.79. The molecule has 2 aromatic heterocycles. The minimum absolute atomic E-state index is 0.0511. The van der Waals surface area contributed by atoms with E-state index in [1.807, 2.05) is 36.4 Å². The van der Waals surface area contributed by atoms with Crippen LogP contribution >= 0.6 is 27.3 Å². The lowest BCUT2D eigenvalue weighted by molar-refractivity contribution is -0.123. The van der Waals surface area contributed by atoms with Crippen molar-refractivity contribution in [3.8, 4) is 11.4 Å². The van der Waals surface area contributed by atoms with E-state index in [1.165, 1.54) is 23.3 Å². The molecule has 200 valence electrons. The van der Waals surface area contributed by atoms with Crippen molar-refractivity contribution in [2.45, 2.75) is 57.5 Å². The number of amides is 2. The molecule has 3 aromatic rings. The molecular formula is C28H31BrN4O4S. The van der Waals surface area contributed by atoms with Gasteiger partial charge in [-0.15, -0.1) is 11.3 Å². The molecule has 4 rings (SSSR count). The molecule has 1 aliphatic heterocycles. The molecule has 1 N–H and O–H groups in total. The van der Waals surface area contributed by atoms with E-state index in [9.17, 15) is 14.4 Å². The van der Waals surface area contributed by atoms with Crippen molar-refractivity contribution < 1.29 is 19.1 Å². The van der Waals surface area contributed by atoms with E-state index < -0.39 is 18.2 Å². The van der Waals surface area contributed by atoms with Gasteiger partial charge in [-0.1, -0.05) is 45.0 Å². The van der Waals surface area contributed by atoms with Gasteiger partial charge in [0.25, 0.3) is 5.91 Å². The highest BCUT2D eigenvalue weighted by Crippen LogP contribution is 2.31. The van der Waals surface area contributed by atoms with Gasteiger partial charge in [-0.25, -0.2) is 14.8 Å². The average Bonchev–Trinajstić information content (AvgIpc) is 3.59. The van der Waals surface area contributed by atoms with Gasteiger partial charge in [0, 0.05) is 35.8 Å². The number of carbonyl (C=O) groups is 3. The highest BCUT2D eigenvalue weighted by molar-refractivity contribution is 9.10. The molecular weight excluding hydrogens is 568 g/mol. The first kappa shape index (κ1) is 27.9. The molecule has 1 aliphatic rings. The Bertz CT molecular complexity index is 1300. The largest absolute Gasteiger partial charge is 0.453 e. The summed E-state index contributed by atoms with van der Waals surface area (Å²) in [5.41, 5.74) is 1.53. The Morgan fingerprint density at radius 3 is 2.42 bits per heavy atom. The minimum atomic E-state index is -0.574. The number of benzene rings is 1. The quantitative estimate of drug-likeness (QED) is 0.362. The summed E-state index contributed by atoms with van der Waals surface area (Å²) in [4.78, 5) is 50.7. The number of aromatic nitrogens is 2. The van der Waals surface area contributed by atoms with Crippen molar-refractivity contribution >= 4 is 45.1 Å². The van der Waals surface area contributed by atoms with E-state index in [0.29, 0.717) is 23.7 Å². The zero-order valence-electron chi connectivity index (χ0n) is 21.9. The number of halogens is 1. The predicted octanol–water partition coefficient (Wildman–Crippen LogP) is 5.93. The van der Waals surface area contributed by atoms with Crippen LogP contribution in [0.5, 0.6) is 0 Å². The lowest BCUT2D eigenvalue weighted by atomic mass is 9.95. The number of carbonyl (C=O) groups excluding carboxylic acids is 3. The van der Waals surface area contributed by atoms with Gasteiger partial charge in [0.05, 0.1) is 28.5 Å².